The highest BCUT2D eigenvalue weighted by Crippen LogP contribution is 2.35. The Balaban J connectivity index is 1.33. The van der Waals surface area contributed by atoms with Gasteiger partial charge in [-0.2, -0.15) is 0 Å². The summed E-state index contributed by atoms with van der Waals surface area (Å²) in [6.45, 7) is 4.67. The Morgan fingerprint density at radius 1 is 1.11 bits per heavy atom. The van der Waals surface area contributed by atoms with Crippen LogP contribution >= 0.6 is 0 Å². The lowest BCUT2D eigenvalue weighted by Crippen LogP contribution is -2.52. The average Bonchev–Trinajstić information content (AvgIpc) is 3.16. The van der Waals surface area contributed by atoms with Crippen LogP contribution < -0.4 is 21.0 Å². The van der Waals surface area contributed by atoms with Gasteiger partial charge in [0.05, 0.1) is 25.8 Å². The maximum absolute atomic E-state index is 13.1. The van der Waals surface area contributed by atoms with E-state index in [2.05, 4.69) is 38.0 Å². The van der Waals surface area contributed by atoms with E-state index in [1.165, 1.54) is 16.5 Å². The van der Waals surface area contributed by atoms with Crippen LogP contribution in [0.4, 0.5) is 0 Å². The van der Waals surface area contributed by atoms with Gasteiger partial charge in [0.2, 0.25) is 11.8 Å². The van der Waals surface area contributed by atoms with Gasteiger partial charge in [-0.1, -0.05) is 29.1 Å². The van der Waals surface area contributed by atoms with Crippen molar-refractivity contribution in [1.82, 2.24) is 15.1 Å². The lowest BCUT2D eigenvalue weighted by molar-refractivity contribution is -0.136. The van der Waals surface area contributed by atoms with Gasteiger partial charge in [0.25, 0.3) is 5.91 Å². The predicted molar refractivity (Wildman–Crippen MR) is 143 cm³/mol. The summed E-state index contributed by atoms with van der Waals surface area (Å²) in [4.78, 5) is 41.1. The molecule has 1 N–H and O–H groups in total. The topological polar surface area (TPSA) is 88.2 Å². The molecule has 3 aliphatic heterocycles. The molecule has 5 rings (SSSR count). The molecule has 36 heavy (non-hydrogen) atoms. The molecule has 2 unspecified atom stereocenters. The Labute approximate surface area is 213 Å². The number of benzene rings is 2. The molecule has 3 amide bonds. The fourth-order valence-electron chi connectivity index (χ4n) is 5.73. The molecule has 11 heteroatoms. The van der Waals surface area contributed by atoms with E-state index < -0.39 is 11.9 Å². The number of hydrogen-bond donors (Lipinski definition) is 1. The SMILES string of the molecule is Bc1cc(CN2CCOCC2)cc(B)c1C(B)Oc1cccc2c1CN(C1CCC(=O)NC1=O)C2=O. The molecular weight excluding hydrogens is 455 g/mol. The van der Waals surface area contributed by atoms with E-state index in [0.717, 1.165) is 44.0 Å². The number of fused-ring (bicyclic) bond motifs is 1. The van der Waals surface area contributed by atoms with Gasteiger partial charge >= 0.3 is 0 Å². The molecule has 0 radical (unpaired) electrons. The van der Waals surface area contributed by atoms with Crippen molar-refractivity contribution < 1.29 is 23.9 Å². The standard InChI is InChI=1S/C25H30B3N3O5/c26-17-10-14(12-30-6-8-35-9-7-30)11-18(27)22(17)23(28)36-20-3-1-2-15-16(20)13-31(25(15)34)19-4-5-21(32)29-24(19)33/h1-3,10-11,19,23H,4-9,12-13,26-28H2,(H,29,32,33). The van der Waals surface area contributed by atoms with E-state index in [-0.39, 0.29) is 24.2 Å². The Bertz CT molecular complexity index is 1190. The third-order valence-corrected chi connectivity index (χ3v) is 7.41. The first-order valence-corrected chi connectivity index (χ1v) is 12.6. The van der Waals surface area contributed by atoms with Gasteiger partial charge in [-0.15, -0.1) is 0 Å². The number of nitrogens with one attached hydrogen (secondary N) is 1. The predicted octanol–water partition coefficient (Wildman–Crippen LogP) is -2.49. The molecule has 2 fully saturated rings. The fourth-order valence-corrected chi connectivity index (χ4v) is 5.73. The molecule has 0 aromatic heterocycles. The maximum atomic E-state index is 13.1. The number of amides is 3. The summed E-state index contributed by atoms with van der Waals surface area (Å²) in [6, 6.07) is 9.09. The molecule has 2 atom stereocenters. The number of piperidine rings is 1. The molecular formula is C25H30B3N3O5. The van der Waals surface area contributed by atoms with Crippen molar-refractivity contribution >= 4 is 52.2 Å². The summed E-state index contributed by atoms with van der Waals surface area (Å²) in [7, 11) is 6.27. The van der Waals surface area contributed by atoms with Crippen LogP contribution in [0.2, 0.25) is 0 Å². The zero-order chi connectivity index (χ0) is 25.4. The van der Waals surface area contributed by atoms with E-state index in [9.17, 15) is 14.4 Å². The van der Waals surface area contributed by atoms with Gasteiger partial charge in [0.15, 0.2) is 7.85 Å². The fraction of sp³-hybridized carbons (Fsp3) is 0.400. The first kappa shape index (κ1) is 24.7. The van der Waals surface area contributed by atoms with E-state index >= 15 is 0 Å². The van der Waals surface area contributed by atoms with Gasteiger partial charge in [-0.05, 0) is 29.7 Å². The molecule has 0 aliphatic carbocycles. The molecule has 184 valence electrons. The highest BCUT2D eigenvalue weighted by Gasteiger charge is 2.40. The van der Waals surface area contributed by atoms with Gasteiger partial charge in [-0.3, -0.25) is 24.6 Å². The number of ether oxygens (including phenoxy) is 2. The minimum Gasteiger partial charge on any atom is -0.495 e. The normalized spacial score (nSPS) is 21.3. The molecule has 2 aromatic carbocycles. The zero-order valence-electron chi connectivity index (χ0n) is 21.1. The quantitative estimate of drug-likeness (QED) is 0.360. The second-order valence-electron chi connectivity index (χ2n) is 9.97. The Morgan fingerprint density at radius 2 is 1.83 bits per heavy atom. The van der Waals surface area contributed by atoms with Crippen LogP contribution in [0.25, 0.3) is 0 Å². The van der Waals surface area contributed by atoms with Crippen LogP contribution in [0.1, 0.15) is 45.9 Å². The third kappa shape index (κ3) is 4.82. The average molecular weight is 485 g/mol. The van der Waals surface area contributed by atoms with Gasteiger partial charge in [-0.25, -0.2) is 0 Å². The number of carbonyl (C=O) groups excluding carboxylic acids is 3. The monoisotopic (exact) mass is 485 g/mol. The number of rotatable bonds is 6. The van der Waals surface area contributed by atoms with Crippen LogP contribution in [-0.4, -0.2) is 83.4 Å². The Morgan fingerprint density at radius 3 is 2.53 bits per heavy atom. The van der Waals surface area contributed by atoms with Crippen molar-refractivity contribution in [3.8, 4) is 5.75 Å². The van der Waals surface area contributed by atoms with Crippen molar-refractivity contribution in [2.45, 2.75) is 38.0 Å². The third-order valence-electron chi connectivity index (χ3n) is 7.41. The summed E-state index contributed by atoms with van der Waals surface area (Å²) in [5.41, 5.74) is 6.13. The number of nitrogens with zero attached hydrogens (tertiary/aromatic N) is 2. The van der Waals surface area contributed by atoms with E-state index in [4.69, 9.17) is 9.47 Å². The molecule has 3 aliphatic rings. The maximum Gasteiger partial charge on any atom is 0.255 e. The first-order valence-electron chi connectivity index (χ1n) is 12.6. The van der Waals surface area contributed by atoms with Crippen LogP contribution in [0.15, 0.2) is 30.3 Å². The zero-order valence-corrected chi connectivity index (χ0v) is 21.1. The number of carbonyl (C=O) groups is 3. The van der Waals surface area contributed by atoms with Crippen LogP contribution in [0.3, 0.4) is 0 Å². The van der Waals surface area contributed by atoms with Crippen molar-refractivity contribution in [3.05, 3.63) is 52.6 Å². The van der Waals surface area contributed by atoms with Crippen LogP contribution in [0, 0.1) is 0 Å². The molecule has 0 bridgehead atoms. The highest BCUT2D eigenvalue weighted by atomic mass is 16.5. The summed E-state index contributed by atoms with van der Waals surface area (Å²) < 4.78 is 11.9. The van der Waals surface area contributed by atoms with Crippen LogP contribution in [0.5, 0.6) is 5.75 Å². The number of hydrogen-bond acceptors (Lipinski definition) is 6. The van der Waals surface area contributed by atoms with E-state index in [1.807, 2.05) is 20.0 Å². The molecule has 0 spiro atoms. The van der Waals surface area contributed by atoms with Gasteiger partial charge in [0.1, 0.15) is 27.5 Å². The molecule has 8 nitrogen and oxygen atoms in total. The second-order valence-corrected chi connectivity index (χ2v) is 9.97. The van der Waals surface area contributed by atoms with Crippen LogP contribution in [-0.2, 0) is 27.4 Å². The summed E-state index contributed by atoms with van der Waals surface area (Å²) in [5, 5.41) is 2.35. The first-order chi connectivity index (χ1) is 17.3. The van der Waals surface area contributed by atoms with Crippen molar-refractivity contribution in [3.63, 3.8) is 0 Å². The van der Waals surface area contributed by atoms with E-state index in [1.54, 1.807) is 11.0 Å². The molecule has 0 saturated carbocycles. The second kappa shape index (κ2) is 10.1. The highest BCUT2D eigenvalue weighted by molar-refractivity contribution is 6.41. The largest absolute Gasteiger partial charge is 0.495 e. The van der Waals surface area contributed by atoms with Crippen molar-refractivity contribution in [2.75, 3.05) is 26.3 Å². The molecule has 2 saturated heterocycles. The summed E-state index contributed by atoms with van der Waals surface area (Å²) in [5.74, 6) is -0.247. The Hall–Kier alpha value is -3.04. The van der Waals surface area contributed by atoms with Crippen molar-refractivity contribution in [2.24, 2.45) is 0 Å². The molecule has 2 aromatic rings. The minimum atomic E-state index is -0.642. The minimum absolute atomic E-state index is 0.197. The van der Waals surface area contributed by atoms with Crippen molar-refractivity contribution in [1.29, 1.82) is 0 Å². The molecule has 3 heterocycles. The summed E-state index contributed by atoms with van der Waals surface area (Å²) >= 11 is 0. The summed E-state index contributed by atoms with van der Waals surface area (Å²) in [6.07, 6.45) is 0.573. The Kier molecular flexibility index (Phi) is 6.95. The lowest BCUT2D eigenvalue weighted by atomic mass is 9.73. The smallest absolute Gasteiger partial charge is 0.255 e. The van der Waals surface area contributed by atoms with E-state index in [0.29, 0.717) is 24.3 Å². The van der Waals surface area contributed by atoms with Gasteiger partial charge < -0.3 is 14.4 Å². The number of morpholine rings is 1. The lowest BCUT2D eigenvalue weighted by Gasteiger charge is -2.29. The van der Waals surface area contributed by atoms with Gasteiger partial charge in [0, 0.05) is 37.2 Å². The number of imide groups is 1.